The number of aromatic amines is 1. The minimum atomic E-state index is -0.908. The third-order valence-corrected chi connectivity index (χ3v) is 2.02. The van der Waals surface area contributed by atoms with Crippen molar-refractivity contribution in [2.75, 3.05) is 5.73 Å². The Morgan fingerprint density at radius 1 is 1.50 bits per heavy atom. The summed E-state index contributed by atoms with van der Waals surface area (Å²) in [6.45, 7) is 0. The summed E-state index contributed by atoms with van der Waals surface area (Å²) in [4.78, 5) is 22.3. The Hall–Kier alpha value is -2.57. The number of nitrogens with one attached hydrogen (secondary N) is 1. The van der Waals surface area contributed by atoms with Crippen LogP contribution in [0.4, 0.5) is 5.69 Å². The molecule has 0 atom stereocenters. The van der Waals surface area contributed by atoms with Crippen LogP contribution in [-0.2, 0) is 0 Å². The van der Waals surface area contributed by atoms with E-state index >= 15 is 0 Å². The van der Waals surface area contributed by atoms with Crippen molar-refractivity contribution in [3.05, 3.63) is 34.3 Å². The first-order valence-electron chi connectivity index (χ1n) is 4.33. The highest BCUT2D eigenvalue weighted by molar-refractivity contribution is 5.99. The van der Waals surface area contributed by atoms with E-state index < -0.39 is 11.5 Å². The number of carbonyl (C=O) groups is 1. The molecule has 82 valence electrons. The van der Waals surface area contributed by atoms with E-state index in [1.165, 1.54) is 6.26 Å². The number of nitrogens with two attached hydrogens (primary N) is 2. The van der Waals surface area contributed by atoms with Crippen molar-refractivity contribution in [3.8, 4) is 11.5 Å². The molecule has 0 aliphatic heterocycles. The van der Waals surface area contributed by atoms with E-state index in [1.807, 2.05) is 0 Å². The molecule has 2 aromatic heterocycles. The number of nitrogen functional groups attached to an aromatic ring is 1. The average molecular weight is 220 g/mol. The topological polar surface area (TPSA) is 128 Å². The van der Waals surface area contributed by atoms with Crippen molar-refractivity contribution in [1.29, 1.82) is 0 Å². The molecule has 0 unspecified atom stereocenters. The second-order valence-corrected chi connectivity index (χ2v) is 3.03. The van der Waals surface area contributed by atoms with Crippen LogP contribution in [0.1, 0.15) is 10.4 Å². The summed E-state index contributed by atoms with van der Waals surface area (Å²) >= 11 is 0. The largest absolute Gasteiger partial charge is 0.463 e. The molecule has 2 aromatic rings. The number of anilines is 1. The van der Waals surface area contributed by atoms with E-state index in [2.05, 4.69) is 10.2 Å². The second-order valence-electron chi connectivity index (χ2n) is 3.03. The zero-order valence-corrected chi connectivity index (χ0v) is 8.06. The Morgan fingerprint density at radius 3 is 2.81 bits per heavy atom. The van der Waals surface area contributed by atoms with Gasteiger partial charge in [0.15, 0.2) is 5.76 Å². The van der Waals surface area contributed by atoms with Gasteiger partial charge >= 0.3 is 0 Å². The molecule has 2 heterocycles. The summed E-state index contributed by atoms with van der Waals surface area (Å²) in [7, 11) is 0. The van der Waals surface area contributed by atoms with Crippen LogP contribution < -0.4 is 17.0 Å². The molecule has 0 aliphatic carbocycles. The Kier molecular flexibility index (Phi) is 2.20. The number of aromatic nitrogens is 2. The smallest absolute Gasteiger partial charge is 0.279 e. The maximum absolute atomic E-state index is 11.3. The lowest BCUT2D eigenvalue weighted by Crippen LogP contribution is -2.26. The molecule has 0 radical (unpaired) electrons. The summed E-state index contributed by atoms with van der Waals surface area (Å²) in [5.74, 6) is -0.565. The van der Waals surface area contributed by atoms with Crippen LogP contribution in [0.2, 0.25) is 0 Å². The molecule has 0 fully saturated rings. The predicted molar refractivity (Wildman–Crippen MR) is 55.5 cm³/mol. The van der Waals surface area contributed by atoms with Crippen molar-refractivity contribution in [3.63, 3.8) is 0 Å². The Bertz CT molecular complexity index is 585. The van der Waals surface area contributed by atoms with Gasteiger partial charge in [0.2, 0.25) is 0 Å². The van der Waals surface area contributed by atoms with Gasteiger partial charge in [-0.05, 0) is 12.1 Å². The van der Waals surface area contributed by atoms with E-state index in [4.69, 9.17) is 15.9 Å². The van der Waals surface area contributed by atoms with E-state index in [0.29, 0.717) is 5.76 Å². The monoisotopic (exact) mass is 220 g/mol. The van der Waals surface area contributed by atoms with Gasteiger partial charge in [0.05, 0.1) is 12.0 Å². The summed E-state index contributed by atoms with van der Waals surface area (Å²) in [5, 5.41) is 5.83. The van der Waals surface area contributed by atoms with Gasteiger partial charge in [-0.1, -0.05) is 0 Å². The number of hydrogen-bond acceptors (Lipinski definition) is 5. The molecular weight excluding hydrogens is 212 g/mol. The first-order chi connectivity index (χ1) is 7.61. The van der Waals surface area contributed by atoms with E-state index in [9.17, 15) is 9.59 Å². The van der Waals surface area contributed by atoms with Crippen molar-refractivity contribution >= 4 is 11.6 Å². The molecule has 0 saturated carbocycles. The predicted octanol–water partition coefficient (Wildman–Crippen LogP) is -0.289. The van der Waals surface area contributed by atoms with E-state index in [1.54, 1.807) is 12.1 Å². The summed E-state index contributed by atoms with van der Waals surface area (Å²) in [5.41, 5.74) is 9.72. The van der Waals surface area contributed by atoms with Gasteiger partial charge < -0.3 is 15.9 Å². The van der Waals surface area contributed by atoms with E-state index in [-0.39, 0.29) is 16.9 Å². The highest BCUT2D eigenvalue weighted by atomic mass is 16.3. The molecule has 0 aliphatic rings. The molecule has 7 heteroatoms. The van der Waals surface area contributed by atoms with Crippen LogP contribution in [0.3, 0.4) is 0 Å². The summed E-state index contributed by atoms with van der Waals surface area (Å²) in [6, 6.07) is 3.23. The van der Waals surface area contributed by atoms with Gasteiger partial charge in [0, 0.05) is 0 Å². The number of furan rings is 1. The fourth-order valence-corrected chi connectivity index (χ4v) is 1.31. The number of rotatable bonds is 2. The molecule has 0 bridgehead atoms. The van der Waals surface area contributed by atoms with Gasteiger partial charge in [0.1, 0.15) is 11.3 Å². The number of carbonyl (C=O) groups excluding carboxylic acids is 1. The number of amides is 1. The highest BCUT2D eigenvalue weighted by Gasteiger charge is 2.18. The summed E-state index contributed by atoms with van der Waals surface area (Å²) < 4.78 is 5.06. The highest BCUT2D eigenvalue weighted by Crippen LogP contribution is 2.23. The first-order valence-corrected chi connectivity index (χ1v) is 4.33. The molecule has 0 aromatic carbocycles. The SMILES string of the molecule is NC(=O)c1c(N)c(-c2ccco2)n[nH]c1=O. The van der Waals surface area contributed by atoms with E-state index in [0.717, 1.165) is 0 Å². The minimum absolute atomic E-state index is 0.0915. The lowest BCUT2D eigenvalue weighted by atomic mass is 10.1. The molecule has 7 nitrogen and oxygen atoms in total. The molecule has 1 amide bonds. The lowest BCUT2D eigenvalue weighted by Gasteiger charge is -2.03. The maximum atomic E-state index is 11.3. The van der Waals surface area contributed by atoms with Gasteiger partial charge in [-0.3, -0.25) is 9.59 Å². The standard InChI is InChI=1S/C9H8N4O3/c10-6-5(8(11)14)9(15)13-12-7(6)4-2-1-3-16-4/h1-3H,(H2,11,14)(H3,10,13,15). The number of hydrogen-bond donors (Lipinski definition) is 3. The van der Waals surface area contributed by atoms with Crippen LogP contribution >= 0.6 is 0 Å². The third-order valence-electron chi connectivity index (χ3n) is 2.02. The lowest BCUT2D eigenvalue weighted by molar-refractivity contribution is 0.0999. The van der Waals surface area contributed by atoms with Crippen molar-refractivity contribution in [1.82, 2.24) is 10.2 Å². The van der Waals surface area contributed by atoms with Crippen LogP contribution in [0.5, 0.6) is 0 Å². The average Bonchev–Trinajstić information content (AvgIpc) is 2.70. The van der Waals surface area contributed by atoms with Crippen molar-refractivity contribution in [2.24, 2.45) is 5.73 Å². The fraction of sp³-hybridized carbons (Fsp3) is 0. The van der Waals surface area contributed by atoms with Gasteiger partial charge in [-0.25, -0.2) is 5.10 Å². The molecular formula is C9H8N4O3. The Balaban J connectivity index is 2.71. The molecule has 0 spiro atoms. The van der Waals surface area contributed by atoms with Crippen LogP contribution in [0, 0.1) is 0 Å². The zero-order valence-electron chi connectivity index (χ0n) is 8.06. The Morgan fingerprint density at radius 2 is 2.25 bits per heavy atom. The van der Waals surface area contributed by atoms with Gasteiger partial charge in [-0.2, -0.15) is 5.10 Å². The van der Waals surface area contributed by atoms with Gasteiger partial charge in [0.25, 0.3) is 11.5 Å². The molecule has 0 saturated heterocycles. The molecule has 5 N–H and O–H groups in total. The number of H-pyrrole nitrogens is 1. The fourth-order valence-electron chi connectivity index (χ4n) is 1.31. The number of primary amides is 1. The normalized spacial score (nSPS) is 10.2. The first kappa shape index (κ1) is 9.97. The summed E-state index contributed by atoms with van der Waals surface area (Å²) in [6.07, 6.45) is 1.42. The van der Waals surface area contributed by atoms with Crippen LogP contribution in [-0.4, -0.2) is 16.1 Å². The number of nitrogens with zero attached hydrogens (tertiary/aromatic N) is 1. The van der Waals surface area contributed by atoms with Crippen LogP contribution in [0.15, 0.2) is 27.6 Å². The molecule has 16 heavy (non-hydrogen) atoms. The van der Waals surface area contributed by atoms with Crippen molar-refractivity contribution in [2.45, 2.75) is 0 Å². The van der Waals surface area contributed by atoms with Gasteiger partial charge in [-0.15, -0.1) is 0 Å². The van der Waals surface area contributed by atoms with Crippen LogP contribution in [0.25, 0.3) is 11.5 Å². The Labute approximate surface area is 89.1 Å². The zero-order chi connectivity index (χ0) is 11.7. The van der Waals surface area contributed by atoms with Crippen molar-refractivity contribution < 1.29 is 9.21 Å². The maximum Gasteiger partial charge on any atom is 0.279 e. The second kappa shape index (κ2) is 3.54. The quantitative estimate of drug-likeness (QED) is 0.640. The third kappa shape index (κ3) is 1.44. The molecule has 2 rings (SSSR count). The minimum Gasteiger partial charge on any atom is -0.463 e.